The van der Waals surface area contributed by atoms with Gasteiger partial charge in [0.2, 0.25) is 10.0 Å². The monoisotopic (exact) mass is 371 g/mol. The summed E-state index contributed by atoms with van der Waals surface area (Å²) in [5.74, 6) is -1.24. The third-order valence-electron chi connectivity index (χ3n) is 1.60. The summed E-state index contributed by atoms with van der Waals surface area (Å²) in [6.07, 6.45) is 0. The molecule has 16 heavy (non-hydrogen) atoms. The van der Waals surface area contributed by atoms with Gasteiger partial charge in [0.1, 0.15) is 6.54 Å². The third-order valence-corrected chi connectivity index (χ3v) is 4.48. The lowest BCUT2D eigenvalue weighted by Gasteiger charge is -2.07. The minimum absolute atomic E-state index is 0.0110. The first-order valence-electron chi connectivity index (χ1n) is 3.99. The summed E-state index contributed by atoms with van der Waals surface area (Å²) in [5.41, 5.74) is 0. The van der Waals surface area contributed by atoms with Gasteiger partial charge in [-0.05, 0) is 34.1 Å². The van der Waals surface area contributed by atoms with Crippen LogP contribution in [0.1, 0.15) is 0 Å². The highest BCUT2D eigenvalue weighted by Gasteiger charge is 2.18. The number of carbonyl (C=O) groups is 1. The summed E-state index contributed by atoms with van der Waals surface area (Å²) >= 11 is 6.23. The van der Waals surface area contributed by atoms with Gasteiger partial charge < -0.3 is 5.11 Å². The number of carboxylic acids is 1. The molecule has 1 aromatic carbocycles. The zero-order valence-electron chi connectivity index (χ0n) is 7.78. The first kappa shape index (κ1) is 13.6. The molecule has 88 valence electrons. The average Bonchev–Trinajstić information content (AvgIpc) is 2.19. The summed E-state index contributed by atoms with van der Waals surface area (Å²) in [6, 6.07) is 4.61. The Balaban J connectivity index is 3.07. The van der Waals surface area contributed by atoms with Gasteiger partial charge >= 0.3 is 5.97 Å². The largest absolute Gasteiger partial charge is 0.480 e. The van der Waals surface area contributed by atoms with Crippen molar-refractivity contribution in [2.24, 2.45) is 0 Å². The topological polar surface area (TPSA) is 83.5 Å². The molecule has 0 spiro atoms. The van der Waals surface area contributed by atoms with Crippen molar-refractivity contribution in [1.82, 2.24) is 4.72 Å². The Kier molecular flexibility index (Phi) is 4.48. The Morgan fingerprint density at radius 1 is 1.38 bits per heavy atom. The van der Waals surface area contributed by atoms with Crippen molar-refractivity contribution in [3.8, 4) is 0 Å². The molecule has 0 saturated carbocycles. The second-order valence-electron chi connectivity index (χ2n) is 2.79. The third kappa shape index (κ3) is 3.55. The molecule has 0 heterocycles. The Bertz CT molecular complexity index is 515. The van der Waals surface area contributed by atoms with Crippen LogP contribution in [0.4, 0.5) is 0 Å². The van der Waals surface area contributed by atoms with E-state index >= 15 is 0 Å². The minimum Gasteiger partial charge on any atom is -0.480 e. The molecular formula is C8H7Br2NO4S. The normalized spacial score (nSPS) is 11.4. The van der Waals surface area contributed by atoms with Crippen molar-refractivity contribution in [2.75, 3.05) is 6.54 Å². The number of hydrogen-bond acceptors (Lipinski definition) is 3. The lowest BCUT2D eigenvalue weighted by molar-refractivity contribution is -0.135. The van der Waals surface area contributed by atoms with Crippen LogP contribution in [0.2, 0.25) is 0 Å². The second-order valence-corrected chi connectivity index (χ2v) is 6.30. The van der Waals surface area contributed by atoms with Crippen molar-refractivity contribution >= 4 is 47.9 Å². The lowest BCUT2D eigenvalue weighted by Crippen LogP contribution is -2.29. The van der Waals surface area contributed by atoms with Crippen LogP contribution in [0.15, 0.2) is 32.0 Å². The fourth-order valence-electron chi connectivity index (χ4n) is 0.918. The predicted octanol–water partition coefficient (Wildman–Crippen LogP) is 1.57. The lowest BCUT2D eigenvalue weighted by atomic mass is 10.4. The van der Waals surface area contributed by atoms with E-state index in [0.717, 1.165) is 0 Å². The van der Waals surface area contributed by atoms with Crippen LogP contribution in [-0.4, -0.2) is 26.0 Å². The van der Waals surface area contributed by atoms with E-state index < -0.39 is 22.5 Å². The number of hydrogen-bond donors (Lipinski definition) is 2. The molecule has 0 aromatic heterocycles. The zero-order chi connectivity index (χ0) is 12.3. The van der Waals surface area contributed by atoms with Crippen LogP contribution in [0.25, 0.3) is 0 Å². The smallest absolute Gasteiger partial charge is 0.318 e. The second kappa shape index (κ2) is 5.26. The minimum atomic E-state index is -3.82. The number of halogens is 2. The molecule has 0 unspecified atom stereocenters. The molecule has 1 rings (SSSR count). The van der Waals surface area contributed by atoms with Crippen molar-refractivity contribution in [1.29, 1.82) is 0 Å². The summed E-state index contributed by atoms with van der Waals surface area (Å²) < 4.78 is 26.3. The van der Waals surface area contributed by atoms with Gasteiger partial charge in [0.25, 0.3) is 0 Å². The van der Waals surface area contributed by atoms with Crippen LogP contribution in [0.3, 0.4) is 0 Å². The molecule has 2 N–H and O–H groups in total. The van der Waals surface area contributed by atoms with E-state index in [1.165, 1.54) is 6.07 Å². The number of nitrogens with one attached hydrogen (secondary N) is 1. The van der Waals surface area contributed by atoms with Crippen molar-refractivity contribution in [3.05, 3.63) is 27.1 Å². The van der Waals surface area contributed by atoms with Gasteiger partial charge in [0.15, 0.2) is 0 Å². The molecule has 0 aliphatic rings. The summed E-state index contributed by atoms with van der Waals surface area (Å²) in [5, 5.41) is 8.40. The molecule has 0 atom stereocenters. The predicted molar refractivity (Wildman–Crippen MR) is 64.7 cm³/mol. The number of rotatable bonds is 4. The van der Waals surface area contributed by atoms with Crippen molar-refractivity contribution in [3.63, 3.8) is 0 Å². The number of carboxylic acid groups (broad SMARTS) is 1. The highest BCUT2D eigenvalue weighted by molar-refractivity contribution is 9.11. The van der Waals surface area contributed by atoms with E-state index in [2.05, 4.69) is 31.9 Å². The molecule has 8 heteroatoms. The molecule has 0 amide bonds. The first-order chi connectivity index (χ1) is 7.33. The number of benzene rings is 1. The van der Waals surface area contributed by atoms with Gasteiger partial charge in [0.05, 0.1) is 4.90 Å². The molecule has 0 radical (unpaired) electrons. The van der Waals surface area contributed by atoms with E-state index in [9.17, 15) is 13.2 Å². The Labute approximate surface area is 109 Å². The van der Waals surface area contributed by atoms with E-state index in [1.54, 1.807) is 12.1 Å². The van der Waals surface area contributed by atoms with Crippen molar-refractivity contribution in [2.45, 2.75) is 4.90 Å². The zero-order valence-corrected chi connectivity index (χ0v) is 11.8. The Hall–Kier alpha value is -0.440. The van der Waals surface area contributed by atoms with Gasteiger partial charge in [-0.2, -0.15) is 4.72 Å². The quantitative estimate of drug-likeness (QED) is 0.840. The maximum Gasteiger partial charge on any atom is 0.318 e. The first-order valence-corrected chi connectivity index (χ1v) is 7.06. The van der Waals surface area contributed by atoms with Crippen LogP contribution in [0, 0.1) is 0 Å². The van der Waals surface area contributed by atoms with Crippen LogP contribution < -0.4 is 4.72 Å². The molecule has 0 aliphatic carbocycles. The fourth-order valence-corrected chi connectivity index (χ4v) is 3.39. The maximum absolute atomic E-state index is 11.7. The molecule has 0 saturated heterocycles. The van der Waals surface area contributed by atoms with E-state index in [4.69, 9.17) is 5.11 Å². The van der Waals surface area contributed by atoms with Gasteiger partial charge in [-0.3, -0.25) is 4.79 Å². The van der Waals surface area contributed by atoms with E-state index in [0.29, 0.717) is 8.95 Å². The highest BCUT2D eigenvalue weighted by Crippen LogP contribution is 2.25. The van der Waals surface area contributed by atoms with Crippen LogP contribution in [0.5, 0.6) is 0 Å². The van der Waals surface area contributed by atoms with Gasteiger partial charge in [-0.25, -0.2) is 8.42 Å². The summed E-state index contributed by atoms with van der Waals surface area (Å²) in [7, 11) is -3.82. The fraction of sp³-hybridized carbons (Fsp3) is 0.125. The number of sulfonamides is 1. The summed E-state index contributed by atoms with van der Waals surface area (Å²) in [6.45, 7) is -0.652. The highest BCUT2D eigenvalue weighted by atomic mass is 79.9. The standard InChI is InChI=1S/C8H7Br2NO4S/c9-5-1-2-6(10)7(3-5)16(14,15)11-4-8(12)13/h1-3,11H,4H2,(H,12,13). The van der Waals surface area contributed by atoms with Crippen molar-refractivity contribution < 1.29 is 18.3 Å². The molecule has 5 nitrogen and oxygen atoms in total. The maximum atomic E-state index is 11.7. The Morgan fingerprint density at radius 2 is 2.00 bits per heavy atom. The average molecular weight is 373 g/mol. The van der Waals surface area contributed by atoms with E-state index in [-0.39, 0.29) is 4.90 Å². The van der Waals surface area contributed by atoms with Crippen LogP contribution >= 0.6 is 31.9 Å². The summed E-state index contributed by atoms with van der Waals surface area (Å²) in [4.78, 5) is 10.3. The molecule has 1 aromatic rings. The van der Waals surface area contributed by atoms with Crippen LogP contribution in [-0.2, 0) is 14.8 Å². The Morgan fingerprint density at radius 3 is 2.56 bits per heavy atom. The molecule has 0 aliphatic heterocycles. The van der Waals surface area contributed by atoms with Gasteiger partial charge in [-0.1, -0.05) is 15.9 Å². The van der Waals surface area contributed by atoms with E-state index in [1.807, 2.05) is 4.72 Å². The molecule has 0 bridgehead atoms. The SMILES string of the molecule is O=C(O)CNS(=O)(=O)c1cc(Br)ccc1Br. The molecule has 0 fully saturated rings. The van der Waals surface area contributed by atoms with Gasteiger partial charge in [-0.15, -0.1) is 0 Å². The molecular weight excluding hydrogens is 366 g/mol. The number of aliphatic carboxylic acids is 1. The van der Waals surface area contributed by atoms with Gasteiger partial charge in [0, 0.05) is 8.95 Å².